The van der Waals surface area contributed by atoms with E-state index in [1.807, 2.05) is 13.8 Å². The summed E-state index contributed by atoms with van der Waals surface area (Å²) in [7, 11) is 0. The molecule has 4 heteroatoms. The maximum absolute atomic E-state index is 8.96. The Morgan fingerprint density at radius 2 is 2.25 bits per heavy atom. The quantitative estimate of drug-likeness (QED) is 0.612. The zero-order valence-electron chi connectivity index (χ0n) is 7.83. The van der Waals surface area contributed by atoms with Crippen molar-refractivity contribution >= 4 is 0 Å². The minimum atomic E-state index is -0.715. The third kappa shape index (κ3) is 1.95. The highest BCUT2D eigenvalue weighted by atomic mass is 16.7. The predicted molar refractivity (Wildman–Crippen MR) is 44.6 cm³/mol. The molecule has 1 saturated heterocycles. The summed E-state index contributed by atoms with van der Waals surface area (Å²) in [5.74, 6) is -0.569. The predicted octanol–water partition coefficient (Wildman–Crippen LogP) is -0.152. The Labute approximate surface area is 72.6 Å². The normalized spacial score (nSPS) is 33.2. The van der Waals surface area contributed by atoms with Gasteiger partial charge < -0.3 is 20.3 Å². The molecule has 0 aromatic heterocycles. The molecular formula is C8H17NO3. The van der Waals surface area contributed by atoms with Gasteiger partial charge in [0, 0.05) is 0 Å². The van der Waals surface area contributed by atoms with Crippen LogP contribution in [-0.2, 0) is 9.47 Å². The van der Waals surface area contributed by atoms with Gasteiger partial charge in [-0.05, 0) is 20.8 Å². The minimum Gasteiger partial charge on any atom is -0.394 e. The molecule has 4 nitrogen and oxygen atoms in total. The zero-order chi connectivity index (χ0) is 9.41. The van der Waals surface area contributed by atoms with Crippen molar-refractivity contribution in [2.75, 3.05) is 13.2 Å². The van der Waals surface area contributed by atoms with Crippen molar-refractivity contribution in [3.05, 3.63) is 0 Å². The fourth-order valence-corrected chi connectivity index (χ4v) is 1.11. The van der Waals surface area contributed by atoms with Crippen LogP contribution in [0.2, 0.25) is 0 Å². The van der Waals surface area contributed by atoms with Gasteiger partial charge >= 0.3 is 0 Å². The molecule has 0 saturated carbocycles. The fraction of sp³-hybridized carbons (Fsp3) is 1.00. The van der Waals surface area contributed by atoms with Crippen LogP contribution >= 0.6 is 0 Å². The molecule has 1 aliphatic rings. The summed E-state index contributed by atoms with van der Waals surface area (Å²) >= 11 is 0. The van der Waals surface area contributed by atoms with Gasteiger partial charge in [-0.15, -0.1) is 0 Å². The number of hydrogen-bond acceptors (Lipinski definition) is 4. The van der Waals surface area contributed by atoms with Gasteiger partial charge in [0.2, 0.25) is 0 Å². The van der Waals surface area contributed by atoms with Gasteiger partial charge in [0.25, 0.3) is 0 Å². The molecule has 0 spiro atoms. The van der Waals surface area contributed by atoms with Crippen molar-refractivity contribution in [2.24, 2.45) is 5.73 Å². The summed E-state index contributed by atoms with van der Waals surface area (Å²) in [4.78, 5) is 0. The molecule has 1 aliphatic heterocycles. The second-order valence-corrected chi connectivity index (χ2v) is 3.98. The van der Waals surface area contributed by atoms with Crippen molar-refractivity contribution in [3.63, 3.8) is 0 Å². The second kappa shape index (κ2) is 2.96. The molecule has 0 aliphatic carbocycles. The first-order valence-electron chi connectivity index (χ1n) is 4.09. The summed E-state index contributed by atoms with van der Waals surface area (Å²) in [6.07, 6.45) is -0.225. The monoisotopic (exact) mass is 175 g/mol. The number of aliphatic hydroxyl groups excluding tert-OH is 1. The van der Waals surface area contributed by atoms with E-state index < -0.39 is 11.3 Å². The third-order valence-corrected chi connectivity index (χ3v) is 2.08. The van der Waals surface area contributed by atoms with E-state index >= 15 is 0 Å². The standard InChI is InChI=1S/C8H17NO3/c1-7(2)11-4-6(12-7)8(3,9)5-10/h6,10H,4-5,9H2,1-3H3. The van der Waals surface area contributed by atoms with Crippen LogP contribution in [0.4, 0.5) is 0 Å². The van der Waals surface area contributed by atoms with Crippen LogP contribution in [-0.4, -0.2) is 35.8 Å². The first kappa shape index (κ1) is 9.92. The largest absolute Gasteiger partial charge is 0.394 e. The number of rotatable bonds is 2. The first-order chi connectivity index (χ1) is 5.37. The topological polar surface area (TPSA) is 64.7 Å². The molecule has 2 atom stereocenters. The molecule has 0 amide bonds. The van der Waals surface area contributed by atoms with E-state index in [2.05, 4.69) is 0 Å². The second-order valence-electron chi connectivity index (χ2n) is 3.98. The maximum Gasteiger partial charge on any atom is 0.163 e. The molecule has 1 fully saturated rings. The molecule has 12 heavy (non-hydrogen) atoms. The van der Waals surface area contributed by atoms with Gasteiger partial charge in [0.1, 0.15) is 6.10 Å². The van der Waals surface area contributed by atoms with Crippen LogP contribution < -0.4 is 5.73 Å². The summed E-state index contributed by atoms with van der Waals surface area (Å²) in [6, 6.07) is 0. The lowest BCUT2D eigenvalue weighted by Crippen LogP contribution is -2.52. The van der Waals surface area contributed by atoms with E-state index in [0.29, 0.717) is 6.61 Å². The highest BCUT2D eigenvalue weighted by Crippen LogP contribution is 2.27. The lowest BCUT2D eigenvalue weighted by molar-refractivity contribution is -0.147. The van der Waals surface area contributed by atoms with E-state index in [0.717, 1.165) is 0 Å². The summed E-state index contributed by atoms with van der Waals surface area (Å²) < 4.78 is 10.8. The molecular weight excluding hydrogens is 158 g/mol. The lowest BCUT2D eigenvalue weighted by atomic mass is 9.98. The summed E-state index contributed by atoms with van der Waals surface area (Å²) in [5.41, 5.74) is 5.07. The maximum atomic E-state index is 8.96. The average Bonchev–Trinajstić information content (AvgIpc) is 2.31. The third-order valence-electron chi connectivity index (χ3n) is 2.08. The summed E-state index contributed by atoms with van der Waals surface area (Å²) in [6.45, 7) is 5.76. The fourth-order valence-electron chi connectivity index (χ4n) is 1.11. The Balaban J connectivity index is 2.58. The Bertz CT molecular complexity index is 168. The SMILES string of the molecule is CC1(C)OCC(C(C)(N)CO)O1. The first-order valence-corrected chi connectivity index (χ1v) is 4.09. The number of hydrogen-bond donors (Lipinski definition) is 2. The Hall–Kier alpha value is -0.160. The van der Waals surface area contributed by atoms with Crippen LogP contribution in [0.25, 0.3) is 0 Å². The van der Waals surface area contributed by atoms with E-state index in [-0.39, 0.29) is 12.7 Å². The van der Waals surface area contributed by atoms with E-state index in [1.54, 1.807) is 6.92 Å². The highest BCUT2D eigenvalue weighted by Gasteiger charge is 2.41. The van der Waals surface area contributed by atoms with Gasteiger partial charge in [0.05, 0.1) is 18.8 Å². The molecule has 0 aromatic carbocycles. The van der Waals surface area contributed by atoms with Gasteiger partial charge in [0.15, 0.2) is 5.79 Å². The Morgan fingerprint density at radius 1 is 1.67 bits per heavy atom. The molecule has 0 radical (unpaired) electrons. The molecule has 1 heterocycles. The van der Waals surface area contributed by atoms with Crippen LogP contribution in [0.15, 0.2) is 0 Å². The van der Waals surface area contributed by atoms with E-state index in [4.69, 9.17) is 20.3 Å². The summed E-state index contributed by atoms with van der Waals surface area (Å²) in [5, 5.41) is 8.96. The Kier molecular flexibility index (Phi) is 2.45. The lowest BCUT2D eigenvalue weighted by Gasteiger charge is -2.28. The highest BCUT2D eigenvalue weighted by molar-refractivity contribution is 4.91. The zero-order valence-corrected chi connectivity index (χ0v) is 7.83. The number of aliphatic hydroxyl groups is 1. The van der Waals surface area contributed by atoms with Crippen molar-refractivity contribution in [2.45, 2.75) is 38.2 Å². The van der Waals surface area contributed by atoms with Crippen LogP contribution in [0.1, 0.15) is 20.8 Å². The molecule has 2 unspecified atom stereocenters. The van der Waals surface area contributed by atoms with Crippen LogP contribution in [0.5, 0.6) is 0 Å². The van der Waals surface area contributed by atoms with Crippen LogP contribution in [0.3, 0.4) is 0 Å². The van der Waals surface area contributed by atoms with Crippen LogP contribution in [0, 0.1) is 0 Å². The Morgan fingerprint density at radius 3 is 2.58 bits per heavy atom. The molecule has 72 valence electrons. The van der Waals surface area contributed by atoms with E-state index in [9.17, 15) is 0 Å². The average molecular weight is 175 g/mol. The smallest absolute Gasteiger partial charge is 0.163 e. The van der Waals surface area contributed by atoms with Crippen molar-refractivity contribution in [1.82, 2.24) is 0 Å². The molecule has 0 aromatic rings. The van der Waals surface area contributed by atoms with Crippen molar-refractivity contribution < 1.29 is 14.6 Å². The molecule has 0 bridgehead atoms. The minimum absolute atomic E-state index is 0.100. The molecule has 1 rings (SSSR count). The van der Waals surface area contributed by atoms with Gasteiger partial charge in [-0.3, -0.25) is 0 Å². The van der Waals surface area contributed by atoms with E-state index in [1.165, 1.54) is 0 Å². The molecule has 3 N–H and O–H groups in total. The van der Waals surface area contributed by atoms with Gasteiger partial charge in [-0.25, -0.2) is 0 Å². The van der Waals surface area contributed by atoms with Gasteiger partial charge in [-0.2, -0.15) is 0 Å². The van der Waals surface area contributed by atoms with Gasteiger partial charge in [-0.1, -0.05) is 0 Å². The number of ether oxygens (including phenoxy) is 2. The van der Waals surface area contributed by atoms with Crippen molar-refractivity contribution in [1.29, 1.82) is 0 Å². The number of nitrogens with two attached hydrogens (primary N) is 1. The van der Waals surface area contributed by atoms with Crippen molar-refractivity contribution in [3.8, 4) is 0 Å².